The van der Waals surface area contributed by atoms with E-state index in [0.717, 1.165) is 6.29 Å². The summed E-state index contributed by atoms with van der Waals surface area (Å²) in [7, 11) is 0. The van der Waals surface area contributed by atoms with Crippen LogP contribution in [0.15, 0.2) is 24.3 Å². The summed E-state index contributed by atoms with van der Waals surface area (Å²) in [6.07, 6.45) is 2.23. The molecular weight excluding hydrogens is 216 g/mol. The summed E-state index contributed by atoms with van der Waals surface area (Å²) in [5, 5.41) is 0. The first-order valence-corrected chi connectivity index (χ1v) is 5.85. The second kappa shape index (κ2) is 6.31. The Hall–Kier alpha value is -1.20. The Morgan fingerprint density at radius 3 is 2.47 bits per heavy atom. The monoisotopic (exact) mass is 228 g/mol. The van der Waals surface area contributed by atoms with Gasteiger partial charge in [0.15, 0.2) is 11.1 Å². The van der Waals surface area contributed by atoms with Crippen molar-refractivity contribution in [1.29, 1.82) is 0 Å². The Labute approximate surface area is 90.9 Å². The van der Waals surface area contributed by atoms with Crippen LogP contribution in [-0.4, -0.2) is 30.0 Å². The Morgan fingerprint density at radius 1 is 1.27 bits per heavy atom. The third-order valence-corrected chi connectivity index (χ3v) is 2.12. The number of rotatable bonds is 6. The zero-order valence-electron chi connectivity index (χ0n) is 8.34. The minimum absolute atomic E-state index is 0.276. The molecule has 0 bridgehead atoms. The van der Waals surface area contributed by atoms with Gasteiger partial charge in [-0.3, -0.25) is 8.98 Å². The van der Waals surface area contributed by atoms with Crippen LogP contribution in [0.2, 0.25) is 0 Å². The van der Waals surface area contributed by atoms with E-state index in [2.05, 4.69) is 0 Å². The molecule has 0 aliphatic heterocycles. The summed E-state index contributed by atoms with van der Waals surface area (Å²) >= 11 is -1.25. The van der Waals surface area contributed by atoms with E-state index in [1.54, 1.807) is 24.3 Å². The molecule has 15 heavy (non-hydrogen) atoms. The molecule has 0 heterocycles. The smallest absolute Gasteiger partial charge is 0.152 e. The van der Waals surface area contributed by atoms with Gasteiger partial charge in [-0.15, -0.1) is 0 Å². The molecule has 0 radical (unpaired) electrons. The van der Waals surface area contributed by atoms with Crippen LogP contribution in [0.1, 0.15) is 10.4 Å². The Morgan fingerprint density at radius 2 is 1.93 bits per heavy atom. The quantitative estimate of drug-likeness (QED) is 0.542. The predicted octanol–water partition coefficient (Wildman–Crippen LogP) is 1.19. The number of benzene rings is 1. The van der Waals surface area contributed by atoms with Gasteiger partial charge < -0.3 is 4.74 Å². The van der Waals surface area contributed by atoms with Crippen molar-refractivity contribution < 1.29 is 17.9 Å². The Balaban J connectivity index is 2.31. The van der Waals surface area contributed by atoms with Gasteiger partial charge in [0, 0.05) is 11.8 Å². The van der Waals surface area contributed by atoms with Gasteiger partial charge >= 0.3 is 0 Å². The fourth-order valence-corrected chi connectivity index (χ4v) is 1.26. The number of hydrogen-bond acceptors (Lipinski definition) is 4. The largest absolute Gasteiger partial charge is 0.491 e. The lowest BCUT2D eigenvalue weighted by atomic mass is 10.2. The van der Waals surface area contributed by atoms with Crippen molar-refractivity contribution in [2.24, 2.45) is 0 Å². The number of carbonyl (C=O) groups is 1. The molecule has 0 N–H and O–H groups in total. The van der Waals surface area contributed by atoms with Crippen LogP contribution in [0.25, 0.3) is 0 Å². The van der Waals surface area contributed by atoms with Crippen molar-refractivity contribution in [3.63, 3.8) is 0 Å². The van der Waals surface area contributed by atoms with Gasteiger partial charge in [-0.05, 0) is 24.3 Å². The summed E-state index contributed by atoms with van der Waals surface area (Å²) in [4.78, 5) is 10.4. The first-order chi connectivity index (χ1) is 7.22. The lowest BCUT2D eigenvalue weighted by molar-refractivity contribution is 0.112. The topological polar surface area (TPSA) is 52.6 Å². The molecule has 0 amide bonds. The Bertz CT molecular complexity index is 334. The molecular formula is C10H12O4S. The molecule has 0 saturated heterocycles. The van der Waals surface area contributed by atoms with Gasteiger partial charge in [0.25, 0.3) is 0 Å². The average Bonchev–Trinajstić information content (AvgIpc) is 2.25. The van der Waals surface area contributed by atoms with E-state index in [-0.39, 0.29) is 6.61 Å². The number of ether oxygens (including phenoxy) is 1. The van der Waals surface area contributed by atoms with Crippen LogP contribution in [0.5, 0.6) is 5.75 Å². The highest BCUT2D eigenvalue weighted by molar-refractivity contribution is 7.79. The van der Waals surface area contributed by atoms with E-state index in [1.807, 2.05) is 0 Å². The molecule has 82 valence electrons. The Kier molecular flexibility index (Phi) is 5.00. The second-order valence-electron chi connectivity index (χ2n) is 2.76. The number of hydrogen-bond donors (Lipinski definition) is 0. The molecule has 0 aliphatic carbocycles. The van der Waals surface area contributed by atoms with Crippen molar-refractivity contribution in [2.75, 3.05) is 19.5 Å². The van der Waals surface area contributed by atoms with Crippen LogP contribution in [0.4, 0.5) is 0 Å². The molecule has 0 fully saturated rings. The van der Waals surface area contributed by atoms with Crippen molar-refractivity contribution in [1.82, 2.24) is 0 Å². The van der Waals surface area contributed by atoms with E-state index in [9.17, 15) is 9.00 Å². The zero-order valence-corrected chi connectivity index (χ0v) is 9.16. The van der Waals surface area contributed by atoms with Crippen LogP contribution in [-0.2, 0) is 15.3 Å². The fourth-order valence-electron chi connectivity index (χ4n) is 0.954. The third kappa shape index (κ3) is 4.71. The SMILES string of the molecule is CS(=O)OCCOc1ccc(C=O)cc1. The predicted molar refractivity (Wildman–Crippen MR) is 57.3 cm³/mol. The van der Waals surface area contributed by atoms with E-state index in [4.69, 9.17) is 8.92 Å². The summed E-state index contributed by atoms with van der Waals surface area (Å²) in [6.45, 7) is 0.610. The highest BCUT2D eigenvalue weighted by Gasteiger charge is 1.95. The van der Waals surface area contributed by atoms with Gasteiger partial charge in [-0.2, -0.15) is 0 Å². The van der Waals surface area contributed by atoms with Gasteiger partial charge in [0.1, 0.15) is 18.6 Å². The van der Waals surface area contributed by atoms with E-state index < -0.39 is 11.1 Å². The van der Waals surface area contributed by atoms with Gasteiger partial charge in [0.05, 0.1) is 6.61 Å². The van der Waals surface area contributed by atoms with Gasteiger partial charge in [0.2, 0.25) is 0 Å². The highest BCUT2D eigenvalue weighted by atomic mass is 32.2. The van der Waals surface area contributed by atoms with E-state index >= 15 is 0 Å². The van der Waals surface area contributed by atoms with Gasteiger partial charge in [-0.25, -0.2) is 4.21 Å². The van der Waals surface area contributed by atoms with Crippen LogP contribution in [0.3, 0.4) is 0 Å². The third-order valence-electron chi connectivity index (χ3n) is 1.62. The van der Waals surface area contributed by atoms with Crippen molar-refractivity contribution >= 4 is 17.4 Å². The molecule has 0 aromatic heterocycles. The van der Waals surface area contributed by atoms with Crippen molar-refractivity contribution in [2.45, 2.75) is 0 Å². The molecule has 4 nitrogen and oxygen atoms in total. The molecule has 0 spiro atoms. The minimum atomic E-state index is -1.25. The summed E-state index contributed by atoms with van der Waals surface area (Å²) in [5.74, 6) is 0.658. The average molecular weight is 228 g/mol. The lowest BCUT2D eigenvalue weighted by Crippen LogP contribution is -2.07. The zero-order chi connectivity index (χ0) is 11.1. The number of carbonyl (C=O) groups excluding carboxylic acids is 1. The number of aldehydes is 1. The summed E-state index contributed by atoms with van der Waals surface area (Å²) in [6, 6.07) is 6.74. The van der Waals surface area contributed by atoms with Crippen LogP contribution in [0, 0.1) is 0 Å². The molecule has 1 atom stereocenters. The van der Waals surface area contributed by atoms with Crippen molar-refractivity contribution in [3.8, 4) is 5.75 Å². The van der Waals surface area contributed by atoms with Gasteiger partial charge in [-0.1, -0.05) is 0 Å². The molecule has 1 rings (SSSR count). The van der Waals surface area contributed by atoms with Crippen molar-refractivity contribution in [3.05, 3.63) is 29.8 Å². The minimum Gasteiger partial charge on any atom is -0.491 e. The molecule has 5 heteroatoms. The lowest BCUT2D eigenvalue weighted by Gasteiger charge is -2.05. The summed E-state index contributed by atoms with van der Waals surface area (Å²) in [5.41, 5.74) is 0.605. The summed E-state index contributed by atoms with van der Waals surface area (Å²) < 4.78 is 20.6. The molecule has 1 aromatic carbocycles. The van der Waals surface area contributed by atoms with Crippen LogP contribution < -0.4 is 4.74 Å². The highest BCUT2D eigenvalue weighted by Crippen LogP contribution is 2.10. The maximum Gasteiger partial charge on any atom is 0.152 e. The first-order valence-electron chi connectivity index (χ1n) is 4.37. The maximum atomic E-state index is 10.5. The van der Waals surface area contributed by atoms with E-state index in [0.29, 0.717) is 17.9 Å². The normalized spacial score (nSPS) is 12.1. The molecule has 1 unspecified atom stereocenters. The standard InChI is InChI=1S/C10H12O4S/c1-15(12)14-7-6-13-10-4-2-9(8-11)3-5-10/h2-5,8H,6-7H2,1H3. The molecule has 0 aliphatic rings. The first kappa shape index (κ1) is 11.9. The second-order valence-corrected chi connectivity index (χ2v) is 3.80. The fraction of sp³-hybridized carbons (Fsp3) is 0.300. The molecule has 0 saturated carbocycles. The molecule has 1 aromatic rings. The van der Waals surface area contributed by atoms with E-state index in [1.165, 1.54) is 6.26 Å². The van der Waals surface area contributed by atoms with Crippen LogP contribution >= 0.6 is 0 Å². The maximum absolute atomic E-state index is 10.5.